The van der Waals surface area contributed by atoms with Gasteiger partial charge in [-0.25, -0.2) is 4.39 Å². The van der Waals surface area contributed by atoms with E-state index in [2.05, 4.69) is 0 Å². The second kappa shape index (κ2) is 6.57. The van der Waals surface area contributed by atoms with Crippen molar-refractivity contribution >= 4 is 5.91 Å². The van der Waals surface area contributed by atoms with E-state index in [-0.39, 0.29) is 25.7 Å². The van der Waals surface area contributed by atoms with Gasteiger partial charge < -0.3 is 19.1 Å². The fourth-order valence-electron chi connectivity index (χ4n) is 3.61. The molecular formula is C17H21FN2O4. The topological polar surface area (TPSA) is 51.2 Å². The van der Waals surface area contributed by atoms with E-state index in [0.717, 1.165) is 5.56 Å². The molecule has 6 nitrogen and oxygen atoms in total. The van der Waals surface area contributed by atoms with E-state index < -0.39 is 12.2 Å². The number of ether oxygens (including phenoxy) is 3. The molecule has 130 valence electrons. The third-order valence-electron chi connectivity index (χ3n) is 4.81. The van der Waals surface area contributed by atoms with Crippen molar-refractivity contribution in [3.05, 3.63) is 23.8 Å². The monoisotopic (exact) mass is 336 g/mol. The Morgan fingerprint density at radius 2 is 2.08 bits per heavy atom. The summed E-state index contributed by atoms with van der Waals surface area (Å²) in [6, 6.07) is 5.26. The van der Waals surface area contributed by atoms with Crippen LogP contribution in [0.5, 0.6) is 11.5 Å². The molecule has 2 saturated heterocycles. The van der Waals surface area contributed by atoms with E-state index in [1.54, 1.807) is 4.90 Å². The van der Waals surface area contributed by atoms with Gasteiger partial charge in [-0.2, -0.15) is 0 Å². The largest absolute Gasteiger partial charge is 0.454 e. The summed E-state index contributed by atoms with van der Waals surface area (Å²) in [4.78, 5) is 16.5. The summed E-state index contributed by atoms with van der Waals surface area (Å²) in [5.74, 6) is 1.42. The van der Waals surface area contributed by atoms with Crippen LogP contribution in [0, 0.1) is 0 Å². The quantitative estimate of drug-likeness (QED) is 0.830. The minimum atomic E-state index is -0.978. The highest BCUT2D eigenvalue weighted by Gasteiger charge is 2.39. The number of morpholine rings is 1. The first-order valence-corrected chi connectivity index (χ1v) is 8.34. The maximum Gasteiger partial charge on any atom is 0.240 e. The lowest BCUT2D eigenvalue weighted by molar-refractivity contribution is -0.140. The van der Waals surface area contributed by atoms with Crippen molar-refractivity contribution in [2.75, 3.05) is 39.6 Å². The summed E-state index contributed by atoms with van der Waals surface area (Å²) in [5, 5.41) is 0. The standard InChI is InChI=1S/C17H21FN2O4/c18-13-8-14(17(21)19-4-6-22-7-5-19)20(10-13)9-12-2-1-3-15-16(12)24-11-23-15/h1-3,13-14H,4-11H2/t13-,14+/m1/s1. The highest BCUT2D eigenvalue weighted by atomic mass is 19.1. The van der Waals surface area contributed by atoms with Gasteiger partial charge in [0, 0.05) is 38.2 Å². The fraction of sp³-hybridized carbons (Fsp3) is 0.588. The van der Waals surface area contributed by atoms with Gasteiger partial charge in [0.25, 0.3) is 0 Å². The number of carbonyl (C=O) groups is 1. The Balaban J connectivity index is 1.51. The highest BCUT2D eigenvalue weighted by molar-refractivity contribution is 5.82. The lowest BCUT2D eigenvalue weighted by Gasteiger charge is -2.32. The van der Waals surface area contributed by atoms with E-state index in [4.69, 9.17) is 14.2 Å². The maximum absolute atomic E-state index is 14.0. The summed E-state index contributed by atoms with van der Waals surface area (Å²) in [6.07, 6.45) is -0.725. The van der Waals surface area contributed by atoms with Gasteiger partial charge in [-0.3, -0.25) is 9.69 Å². The molecule has 1 amide bonds. The van der Waals surface area contributed by atoms with Crippen LogP contribution in [0.3, 0.4) is 0 Å². The number of rotatable bonds is 3. The second-order valence-corrected chi connectivity index (χ2v) is 6.37. The highest BCUT2D eigenvalue weighted by Crippen LogP contribution is 2.37. The molecule has 0 N–H and O–H groups in total. The van der Waals surface area contributed by atoms with Crippen LogP contribution in [0.15, 0.2) is 18.2 Å². The van der Waals surface area contributed by atoms with E-state index in [9.17, 15) is 9.18 Å². The molecule has 24 heavy (non-hydrogen) atoms. The number of hydrogen-bond donors (Lipinski definition) is 0. The number of amides is 1. The van der Waals surface area contributed by atoms with Crippen molar-refractivity contribution in [1.82, 2.24) is 9.80 Å². The molecule has 0 spiro atoms. The van der Waals surface area contributed by atoms with Crippen LogP contribution in [0.25, 0.3) is 0 Å². The number of halogens is 1. The molecule has 2 fully saturated rings. The first-order valence-electron chi connectivity index (χ1n) is 8.34. The van der Waals surface area contributed by atoms with Crippen LogP contribution in [-0.4, -0.2) is 67.6 Å². The SMILES string of the molecule is O=C([C@@H]1C[C@@H](F)CN1Cc1cccc2c1OCO2)N1CCOCC1. The molecule has 3 heterocycles. The average Bonchev–Trinajstić information content (AvgIpc) is 3.22. The number of likely N-dealkylation sites (tertiary alicyclic amines) is 1. The van der Waals surface area contributed by atoms with Gasteiger partial charge in [0.2, 0.25) is 12.7 Å². The number of benzene rings is 1. The number of hydrogen-bond acceptors (Lipinski definition) is 5. The molecule has 0 aromatic heterocycles. The van der Waals surface area contributed by atoms with Crippen LogP contribution in [0.2, 0.25) is 0 Å². The lowest BCUT2D eigenvalue weighted by Crippen LogP contribution is -2.49. The summed E-state index contributed by atoms with van der Waals surface area (Å²) in [6.45, 7) is 3.21. The molecule has 1 aromatic rings. The summed E-state index contributed by atoms with van der Waals surface area (Å²) in [5.41, 5.74) is 0.930. The summed E-state index contributed by atoms with van der Waals surface area (Å²) in [7, 11) is 0. The van der Waals surface area contributed by atoms with E-state index in [0.29, 0.717) is 44.3 Å². The molecular weight excluding hydrogens is 315 g/mol. The molecule has 0 unspecified atom stereocenters. The average molecular weight is 336 g/mol. The zero-order valence-corrected chi connectivity index (χ0v) is 13.4. The van der Waals surface area contributed by atoms with Crippen molar-refractivity contribution in [3.63, 3.8) is 0 Å². The van der Waals surface area contributed by atoms with Gasteiger partial charge >= 0.3 is 0 Å². The molecule has 1 aromatic carbocycles. The molecule has 0 radical (unpaired) electrons. The third kappa shape index (κ3) is 2.93. The van der Waals surface area contributed by atoms with Gasteiger partial charge in [-0.15, -0.1) is 0 Å². The number of nitrogens with zero attached hydrogens (tertiary/aromatic N) is 2. The lowest BCUT2D eigenvalue weighted by atomic mass is 10.1. The van der Waals surface area contributed by atoms with Crippen LogP contribution in [0.1, 0.15) is 12.0 Å². The van der Waals surface area contributed by atoms with Crippen LogP contribution in [0.4, 0.5) is 4.39 Å². The van der Waals surface area contributed by atoms with Gasteiger partial charge in [-0.05, 0) is 6.07 Å². The van der Waals surface area contributed by atoms with Crippen molar-refractivity contribution in [1.29, 1.82) is 0 Å². The van der Waals surface area contributed by atoms with Crippen LogP contribution < -0.4 is 9.47 Å². The molecule has 0 aliphatic carbocycles. The molecule has 3 aliphatic rings. The zero-order valence-electron chi connectivity index (χ0n) is 13.4. The first kappa shape index (κ1) is 15.7. The van der Waals surface area contributed by atoms with Crippen molar-refractivity contribution in [3.8, 4) is 11.5 Å². The van der Waals surface area contributed by atoms with Gasteiger partial charge in [0.1, 0.15) is 6.17 Å². The first-order chi connectivity index (χ1) is 11.7. The van der Waals surface area contributed by atoms with E-state index in [1.165, 1.54) is 0 Å². The predicted octanol–water partition coefficient (Wildman–Crippen LogP) is 1.19. The fourth-order valence-corrected chi connectivity index (χ4v) is 3.61. The Bertz CT molecular complexity index is 621. The van der Waals surface area contributed by atoms with Crippen molar-refractivity contribution in [2.45, 2.75) is 25.2 Å². The number of alkyl halides is 1. The molecule has 0 bridgehead atoms. The Morgan fingerprint density at radius 1 is 1.25 bits per heavy atom. The van der Waals surface area contributed by atoms with E-state index in [1.807, 2.05) is 23.1 Å². The summed E-state index contributed by atoms with van der Waals surface area (Å²) >= 11 is 0. The normalized spacial score (nSPS) is 26.8. The van der Waals surface area contributed by atoms with E-state index >= 15 is 0 Å². The van der Waals surface area contributed by atoms with Gasteiger partial charge in [-0.1, -0.05) is 12.1 Å². The Morgan fingerprint density at radius 3 is 2.92 bits per heavy atom. The minimum Gasteiger partial charge on any atom is -0.454 e. The zero-order chi connectivity index (χ0) is 16.5. The predicted molar refractivity (Wildman–Crippen MR) is 83.7 cm³/mol. The second-order valence-electron chi connectivity index (χ2n) is 6.37. The molecule has 4 rings (SSSR count). The molecule has 7 heteroatoms. The number of para-hydroxylation sites is 1. The Kier molecular flexibility index (Phi) is 4.28. The minimum absolute atomic E-state index is 0.00296. The van der Waals surface area contributed by atoms with Crippen molar-refractivity contribution < 1.29 is 23.4 Å². The van der Waals surface area contributed by atoms with Crippen LogP contribution in [-0.2, 0) is 16.1 Å². The Labute approximate surface area is 140 Å². The molecule has 0 saturated carbocycles. The van der Waals surface area contributed by atoms with Crippen molar-refractivity contribution in [2.24, 2.45) is 0 Å². The summed E-state index contributed by atoms with van der Waals surface area (Å²) < 4.78 is 30.2. The smallest absolute Gasteiger partial charge is 0.240 e. The van der Waals surface area contributed by atoms with Crippen LogP contribution >= 0.6 is 0 Å². The molecule has 2 atom stereocenters. The maximum atomic E-state index is 14.0. The molecule has 3 aliphatic heterocycles. The number of fused-ring (bicyclic) bond motifs is 1. The Hall–Kier alpha value is -1.86. The third-order valence-corrected chi connectivity index (χ3v) is 4.81. The van der Waals surface area contributed by atoms with Gasteiger partial charge in [0.15, 0.2) is 11.5 Å². The number of carbonyl (C=O) groups excluding carboxylic acids is 1. The van der Waals surface area contributed by atoms with Gasteiger partial charge in [0.05, 0.1) is 19.3 Å².